The van der Waals surface area contributed by atoms with Gasteiger partial charge in [-0.3, -0.25) is 0 Å². The molecule has 0 heterocycles. The Morgan fingerprint density at radius 3 is 2.17 bits per heavy atom. The Kier molecular flexibility index (Phi) is 4.38. The van der Waals surface area contributed by atoms with Crippen LogP contribution in [0.5, 0.6) is 0 Å². The molecule has 0 amide bonds. The van der Waals surface area contributed by atoms with Gasteiger partial charge in [-0.05, 0) is 11.1 Å². The molecule has 0 aliphatic carbocycles. The Hall–Kier alpha value is 0.760. The number of rotatable bonds is 2. The molecule has 0 aliphatic heterocycles. The third-order valence-corrected chi connectivity index (χ3v) is 2.98. The van der Waals surface area contributed by atoms with Crippen molar-refractivity contribution in [3.8, 4) is 0 Å². The number of hydrogen-bond donors (Lipinski definition) is 0. The zero-order valence-corrected chi connectivity index (χ0v) is 10.7. The van der Waals surface area contributed by atoms with Crippen molar-refractivity contribution in [3.63, 3.8) is 0 Å². The fourth-order valence-corrected chi connectivity index (χ4v) is 1.67. The summed E-state index contributed by atoms with van der Waals surface area (Å²) in [6.45, 7) is 0. The number of hydrogen-bond acceptors (Lipinski definition) is 0. The zero-order chi connectivity index (χ0) is 9.14. The molecule has 1 aromatic carbocycles. The molecule has 0 nitrogen and oxygen atoms in total. The van der Waals surface area contributed by atoms with Crippen LogP contribution in [0.15, 0.2) is 24.3 Å². The molecule has 0 saturated heterocycles. The highest BCUT2D eigenvalue weighted by Crippen LogP contribution is 2.32. The largest absolute Gasteiger partial charge is 0.132 e. The summed E-state index contributed by atoms with van der Waals surface area (Å²) >= 11 is 18.2. The normalized spacial score (nSPS) is 11.2. The standard InChI is InChI=1S/C8H6Br2Cl2/c9-7(10)5-2-1-3-6(4-5)8(11)12/h1-4,7-8H. The van der Waals surface area contributed by atoms with Gasteiger partial charge in [0, 0.05) is 0 Å². The predicted molar refractivity (Wildman–Crippen MR) is 61.5 cm³/mol. The van der Waals surface area contributed by atoms with E-state index in [4.69, 9.17) is 23.2 Å². The van der Waals surface area contributed by atoms with Crippen LogP contribution in [0.25, 0.3) is 0 Å². The molecule has 0 fully saturated rings. The van der Waals surface area contributed by atoms with Crippen molar-refractivity contribution in [3.05, 3.63) is 35.4 Å². The van der Waals surface area contributed by atoms with E-state index in [2.05, 4.69) is 31.9 Å². The van der Waals surface area contributed by atoms with Gasteiger partial charge in [0.1, 0.15) is 4.84 Å². The van der Waals surface area contributed by atoms with E-state index in [9.17, 15) is 0 Å². The molecule has 1 aromatic rings. The lowest BCUT2D eigenvalue weighted by Gasteiger charge is -2.05. The Morgan fingerprint density at radius 1 is 1.08 bits per heavy atom. The van der Waals surface area contributed by atoms with Gasteiger partial charge in [0.25, 0.3) is 0 Å². The minimum atomic E-state index is -0.455. The van der Waals surface area contributed by atoms with Crippen molar-refractivity contribution in [1.29, 1.82) is 0 Å². The molecule has 0 spiro atoms. The summed E-state index contributed by atoms with van der Waals surface area (Å²) in [5.41, 5.74) is 2.03. The first kappa shape index (κ1) is 10.8. The second-order valence-electron chi connectivity index (χ2n) is 2.27. The van der Waals surface area contributed by atoms with Gasteiger partial charge in [-0.2, -0.15) is 0 Å². The summed E-state index contributed by atoms with van der Waals surface area (Å²) in [4.78, 5) is -0.455. The van der Waals surface area contributed by atoms with Crippen molar-refractivity contribution in [1.82, 2.24) is 0 Å². The van der Waals surface area contributed by atoms with Crippen molar-refractivity contribution in [2.75, 3.05) is 0 Å². The molecule has 0 N–H and O–H groups in total. The van der Waals surface area contributed by atoms with E-state index in [1.165, 1.54) is 0 Å². The minimum Gasteiger partial charge on any atom is -0.100 e. The van der Waals surface area contributed by atoms with Gasteiger partial charge in [0.2, 0.25) is 0 Å². The third kappa shape index (κ3) is 2.91. The first-order chi connectivity index (χ1) is 5.61. The summed E-state index contributed by atoms with van der Waals surface area (Å²) in [6.07, 6.45) is 0. The van der Waals surface area contributed by atoms with Crippen LogP contribution < -0.4 is 0 Å². The van der Waals surface area contributed by atoms with Gasteiger partial charge < -0.3 is 0 Å². The summed E-state index contributed by atoms with van der Waals surface area (Å²) in [5, 5.41) is 0. The average molecular weight is 333 g/mol. The minimum absolute atomic E-state index is 0.150. The highest BCUT2D eigenvalue weighted by molar-refractivity contribution is 9.24. The molecular weight excluding hydrogens is 327 g/mol. The lowest BCUT2D eigenvalue weighted by atomic mass is 10.2. The SMILES string of the molecule is ClC(Cl)c1cccc(C(Br)Br)c1. The maximum atomic E-state index is 5.71. The first-order valence-electron chi connectivity index (χ1n) is 3.27. The van der Waals surface area contributed by atoms with Gasteiger partial charge in [-0.1, -0.05) is 56.1 Å². The molecule has 12 heavy (non-hydrogen) atoms. The summed E-state index contributed by atoms with van der Waals surface area (Å²) in [6, 6.07) is 7.78. The van der Waals surface area contributed by atoms with Gasteiger partial charge in [0.15, 0.2) is 0 Å². The maximum absolute atomic E-state index is 5.71. The van der Waals surface area contributed by atoms with Crippen LogP contribution in [-0.4, -0.2) is 0 Å². The third-order valence-electron chi connectivity index (χ3n) is 1.41. The van der Waals surface area contributed by atoms with Crippen molar-refractivity contribution in [2.24, 2.45) is 0 Å². The molecule has 0 atom stereocenters. The zero-order valence-electron chi connectivity index (χ0n) is 5.98. The molecule has 1 rings (SSSR count). The highest BCUT2D eigenvalue weighted by atomic mass is 79.9. The molecule has 4 heteroatoms. The van der Waals surface area contributed by atoms with Crippen LogP contribution in [0, 0.1) is 0 Å². The maximum Gasteiger partial charge on any atom is 0.132 e. The van der Waals surface area contributed by atoms with Crippen LogP contribution in [-0.2, 0) is 0 Å². The van der Waals surface area contributed by atoms with Crippen LogP contribution in [0.3, 0.4) is 0 Å². The molecule has 66 valence electrons. The smallest absolute Gasteiger partial charge is 0.100 e. The van der Waals surface area contributed by atoms with Crippen molar-refractivity contribution >= 4 is 55.1 Å². The van der Waals surface area contributed by atoms with Crippen LogP contribution in [0.1, 0.15) is 19.7 Å². The quantitative estimate of drug-likeness (QED) is 0.672. The van der Waals surface area contributed by atoms with Gasteiger partial charge in [-0.15, -0.1) is 23.2 Å². The average Bonchev–Trinajstić information content (AvgIpc) is 2.04. The molecule has 0 saturated carbocycles. The Balaban J connectivity index is 2.96. The van der Waals surface area contributed by atoms with Crippen LogP contribution >= 0.6 is 55.1 Å². The van der Waals surface area contributed by atoms with Gasteiger partial charge in [0.05, 0.1) is 3.74 Å². The Morgan fingerprint density at radius 2 is 1.67 bits per heavy atom. The van der Waals surface area contributed by atoms with Crippen molar-refractivity contribution in [2.45, 2.75) is 8.57 Å². The molecule has 0 bridgehead atoms. The van der Waals surface area contributed by atoms with Gasteiger partial charge in [-0.25, -0.2) is 0 Å². The first-order valence-corrected chi connectivity index (χ1v) is 5.98. The summed E-state index contributed by atoms with van der Waals surface area (Å²) in [5.74, 6) is 0. The van der Waals surface area contributed by atoms with E-state index in [1.54, 1.807) is 0 Å². The number of halogens is 4. The predicted octanol–water partition coefficient (Wildman–Crippen LogP) is 4.95. The van der Waals surface area contributed by atoms with E-state index in [0.717, 1.165) is 11.1 Å². The summed E-state index contributed by atoms with van der Waals surface area (Å²) in [7, 11) is 0. The van der Waals surface area contributed by atoms with Crippen LogP contribution in [0.4, 0.5) is 0 Å². The molecule has 0 unspecified atom stereocenters. The fourth-order valence-electron chi connectivity index (χ4n) is 0.830. The van der Waals surface area contributed by atoms with Crippen molar-refractivity contribution < 1.29 is 0 Å². The van der Waals surface area contributed by atoms with Crippen LogP contribution in [0.2, 0.25) is 0 Å². The Labute approximate surface area is 98.5 Å². The molecular formula is C8H6Br2Cl2. The lowest BCUT2D eigenvalue weighted by Crippen LogP contribution is -1.85. The Bertz CT molecular complexity index is 238. The van der Waals surface area contributed by atoms with Gasteiger partial charge >= 0.3 is 0 Å². The fraction of sp³-hybridized carbons (Fsp3) is 0.250. The van der Waals surface area contributed by atoms with E-state index in [1.807, 2.05) is 24.3 Å². The second kappa shape index (κ2) is 4.85. The summed E-state index contributed by atoms with van der Waals surface area (Å²) < 4.78 is 0.150. The topological polar surface area (TPSA) is 0 Å². The molecule has 0 radical (unpaired) electrons. The molecule has 0 aromatic heterocycles. The monoisotopic (exact) mass is 330 g/mol. The lowest BCUT2D eigenvalue weighted by molar-refractivity contribution is 1.30. The second-order valence-corrected chi connectivity index (χ2v) is 6.43. The van der Waals surface area contributed by atoms with E-state index in [0.29, 0.717) is 0 Å². The van der Waals surface area contributed by atoms with E-state index >= 15 is 0 Å². The number of alkyl halides is 4. The molecule has 0 aliphatic rings. The highest BCUT2D eigenvalue weighted by Gasteiger charge is 2.06. The number of benzene rings is 1. The van der Waals surface area contributed by atoms with E-state index in [-0.39, 0.29) is 3.74 Å². The van der Waals surface area contributed by atoms with E-state index < -0.39 is 4.84 Å².